The van der Waals surface area contributed by atoms with Crippen LogP contribution in [0.15, 0.2) is 29.6 Å². The Kier molecular flexibility index (Phi) is 2.53. The highest BCUT2D eigenvalue weighted by Crippen LogP contribution is 2.30. The van der Waals surface area contributed by atoms with Gasteiger partial charge in [-0.05, 0) is 6.92 Å². The molecule has 0 amide bonds. The molecule has 0 bridgehead atoms. The van der Waals surface area contributed by atoms with Crippen LogP contribution >= 0.6 is 22.9 Å². The first kappa shape index (κ1) is 10.6. The van der Waals surface area contributed by atoms with Gasteiger partial charge in [0, 0.05) is 21.8 Å². The molecule has 0 saturated carbocycles. The largest absolute Gasteiger partial charge is 0.240 e. The van der Waals surface area contributed by atoms with E-state index in [1.54, 1.807) is 11.3 Å². The maximum atomic E-state index is 6.03. The van der Waals surface area contributed by atoms with Gasteiger partial charge in [-0.3, -0.25) is 0 Å². The van der Waals surface area contributed by atoms with E-state index in [2.05, 4.69) is 15.2 Å². The second-order valence-corrected chi connectivity index (χ2v) is 4.90. The molecular formula is C12H8ClN3S. The topological polar surface area (TPSA) is 38.7 Å². The Morgan fingerprint density at radius 1 is 1.12 bits per heavy atom. The summed E-state index contributed by atoms with van der Waals surface area (Å²) in [5.41, 5.74) is 1.79. The van der Waals surface area contributed by atoms with E-state index < -0.39 is 0 Å². The Morgan fingerprint density at radius 2 is 1.88 bits per heavy atom. The Bertz CT molecular complexity index is 693. The predicted octanol–water partition coefficient (Wildman–Crippen LogP) is 3.72. The van der Waals surface area contributed by atoms with Gasteiger partial charge in [0.2, 0.25) is 0 Å². The Morgan fingerprint density at radius 3 is 2.59 bits per heavy atom. The molecule has 0 aliphatic heterocycles. The van der Waals surface area contributed by atoms with Crippen LogP contribution < -0.4 is 0 Å². The summed E-state index contributed by atoms with van der Waals surface area (Å²) in [6, 6.07) is 7.83. The molecule has 17 heavy (non-hydrogen) atoms. The molecule has 2 heterocycles. The van der Waals surface area contributed by atoms with Crippen LogP contribution in [0.3, 0.4) is 0 Å². The summed E-state index contributed by atoms with van der Waals surface area (Å²) in [4.78, 5) is 4.43. The second-order valence-electron chi connectivity index (χ2n) is 3.68. The van der Waals surface area contributed by atoms with Crippen molar-refractivity contribution in [2.24, 2.45) is 0 Å². The third-order valence-electron chi connectivity index (χ3n) is 2.46. The van der Waals surface area contributed by atoms with Gasteiger partial charge in [-0.25, -0.2) is 4.98 Å². The quantitative estimate of drug-likeness (QED) is 0.670. The zero-order valence-electron chi connectivity index (χ0n) is 9.01. The van der Waals surface area contributed by atoms with Crippen molar-refractivity contribution in [3.8, 4) is 10.7 Å². The van der Waals surface area contributed by atoms with Gasteiger partial charge >= 0.3 is 0 Å². The van der Waals surface area contributed by atoms with Crippen LogP contribution in [0.25, 0.3) is 21.5 Å². The lowest BCUT2D eigenvalue weighted by atomic mass is 10.1. The molecule has 0 atom stereocenters. The minimum absolute atomic E-state index is 0.428. The molecule has 3 aromatic rings. The van der Waals surface area contributed by atoms with Gasteiger partial charge in [0.25, 0.3) is 0 Å². The van der Waals surface area contributed by atoms with Crippen LogP contribution in [0.4, 0.5) is 0 Å². The molecule has 0 aliphatic rings. The summed E-state index contributed by atoms with van der Waals surface area (Å²) in [5.74, 6) is 0. The van der Waals surface area contributed by atoms with Gasteiger partial charge in [-0.1, -0.05) is 35.9 Å². The SMILES string of the molecule is Cc1csc(-c2nnc(Cl)c3ccccc23)n1. The Hall–Kier alpha value is -1.52. The smallest absolute Gasteiger partial charge is 0.159 e. The van der Waals surface area contributed by atoms with Crippen LogP contribution in [0.5, 0.6) is 0 Å². The van der Waals surface area contributed by atoms with Crippen molar-refractivity contribution in [3.05, 3.63) is 40.5 Å². The summed E-state index contributed by atoms with van der Waals surface area (Å²) >= 11 is 7.60. The second kappa shape index (κ2) is 4.05. The maximum absolute atomic E-state index is 6.03. The molecule has 3 nitrogen and oxygen atoms in total. The summed E-state index contributed by atoms with van der Waals surface area (Å²) < 4.78 is 0. The number of halogens is 1. The van der Waals surface area contributed by atoms with E-state index in [1.807, 2.05) is 36.6 Å². The van der Waals surface area contributed by atoms with E-state index in [9.17, 15) is 0 Å². The summed E-state index contributed by atoms with van der Waals surface area (Å²) in [6.45, 7) is 1.96. The van der Waals surface area contributed by atoms with Gasteiger partial charge in [-0.2, -0.15) is 0 Å². The monoisotopic (exact) mass is 261 g/mol. The number of nitrogens with zero attached hydrogens (tertiary/aromatic N) is 3. The first-order valence-electron chi connectivity index (χ1n) is 5.09. The molecule has 0 saturated heterocycles. The number of thiazole rings is 1. The van der Waals surface area contributed by atoms with Crippen LogP contribution in [0.2, 0.25) is 5.15 Å². The molecule has 0 radical (unpaired) electrons. The fourth-order valence-electron chi connectivity index (χ4n) is 1.69. The number of rotatable bonds is 1. The molecule has 0 N–H and O–H groups in total. The lowest BCUT2D eigenvalue weighted by Crippen LogP contribution is -1.91. The van der Waals surface area contributed by atoms with Gasteiger partial charge < -0.3 is 0 Å². The van der Waals surface area contributed by atoms with Crippen LogP contribution in [-0.2, 0) is 0 Å². The van der Waals surface area contributed by atoms with Crippen molar-refractivity contribution in [1.82, 2.24) is 15.2 Å². The standard InChI is InChI=1S/C12H8ClN3S/c1-7-6-17-12(14-7)10-8-4-2-3-5-9(8)11(13)16-15-10/h2-6H,1H3. The molecular weight excluding hydrogens is 254 g/mol. The van der Waals surface area contributed by atoms with Gasteiger partial charge in [0.1, 0.15) is 10.7 Å². The molecule has 84 valence electrons. The summed E-state index contributed by atoms with van der Waals surface area (Å²) in [6.07, 6.45) is 0. The molecule has 2 aromatic heterocycles. The minimum Gasteiger partial charge on any atom is -0.240 e. The van der Waals surface area contributed by atoms with E-state index >= 15 is 0 Å². The van der Waals surface area contributed by atoms with E-state index in [0.717, 1.165) is 27.2 Å². The highest BCUT2D eigenvalue weighted by molar-refractivity contribution is 7.13. The third-order valence-corrected chi connectivity index (χ3v) is 3.71. The normalized spacial score (nSPS) is 10.9. The maximum Gasteiger partial charge on any atom is 0.159 e. The van der Waals surface area contributed by atoms with E-state index in [4.69, 9.17) is 11.6 Å². The highest BCUT2D eigenvalue weighted by atomic mass is 35.5. The van der Waals surface area contributed by atoms with Crippen molar-refractivity contribution in [3.63, 3.8) is 0 Å². The number of fused-ring (bicyclic) bond motifs is 1. The van der Waals surface area contributed by atoms with Crippen molar-refractivity contribution < 1.29 is 0 Å². The Labute approximate surface area is 107 Å². The average Bonchev–Trinajstić information content (AvgIpc) is 2.77. The molecule has 0 fully saturated rings. The number of hydrogen-bond acceptors (Lipinski definition) is 4. The fraction of sp³-hybridized carbons (Fsp3) is 0.0833. The lowest BCUT2D eigenvalue weighted by molar-refractivity contribution is 1.05. The number of benzene rings is 1. The predicted molar refractivity (Wildman–Crippen MR) is 70.4 cm³/mol. The van der Waals surface area contributed by atoms with Crippen LogP contribution in [0.1, 0.15) is 5.69 Å². The molecule has 3 rings (SSSR count). The van der Waals surface area contributed by atoms with Crippen molar-refractivity contribution >= 4 is 33.7 Å². The van der Waals surface area contributed by atoms with Crippen LogP contribution in [-0.4, -0.2) is 15.2 Å². The molecule has 0 spiro atoms. The van der Waals surface area contributed by atoms with E-state index in [0.29, 0.717) is 5.15 Å². The van der Waals surface area contributed by atoms with E-state index in [1.165, 1.54) is 0 Å². The minimum atomic E-state index is 0.428. The fourth-order valence-corrected chi connectivity index (χ4v) is 2.69. The number of aromatic nitrogens is 3. The zero-order chi connectivity index (χ0) is 11.8. The summed E-state index contributed by atoms with van der Waals surface area (Å²) in [7, 11) is 0. The first-order valence-corrected chi connectivity index (χ1v) is 6.35. The lowest BCUT2D eigenvalue weighted by Gasteiger charge is -2.02. The highest BCUT2D eigenvalue weighted by Gasteiger charge is 2.11. The summed E-state index contributed by atoms with van der Waals surface area (Å²) in [5, 5.41) is 13.3. The van der Waals surface area contributed by atoms with Crippen molar-refractivity contribution in [1.29, 1.82) is 0 Å². The van der Waals surface area contributed by atoms with Crippen molar-refractivity contribution in [2.45, 2.75) is 6.92 Å². The third kappa shape index (κ3) is 1.79. The number of aryl methyl sites for hydroxylation is 1. The van der Waals surface area contributed by atoms with E-state index in [-0.39, 0.29) is 0 Å². The van der Waals surface area contributed by atoms with Crippen LogP contribution in [0, 0.1) is 6.92 Å². The average molecular weight is 262 g/mol. The first-order chi connectivity index (χ1) is 8.25. The Balaban J connectivity index is 2.34. The zero-order valence-corrected chi connectivity index (χ0v) is 10.6. The molecule has 0 aliphatic carbocycles. The number of hydrogen-bond donors (Lipinski definition) is 0. The van der Waals surface area contributed by atoms with Gasteiger partial charge in [0.15, 0.2) is 5.15 Å². The van der Waals surface area contributed by atoms with Crippen molar-refractivity contribution in [2.75, 3.05) is 0 Å². The molecule has 1 aromatic carbocycles. The molecule has 0 unspecified atom stereocenters. The van der Waals surface area contributed by atoms with Gasteiger partial charge in [-0.15, -0.1) is 21.5 Å². The van der Waals surface area contributed by atoms with Gasteiger partial charge in [0.05, 0.1) is 0 Å². The molecule has 5 heteroatoms.